The first-order valence-electron chi connectivity index (χ1n) is 14.5. The fourth-order valence-corrected chi connectivity index (χ4v) is 5.98. The van der Waals surface area contributed by atoms with E-state index >= 15 is 0 Å². The van der Waals surface area contributed by atoms with E-state index in [1.807, 2.05) is 24.4 Å². The van der Waals surface area contributed by atoms with Gasteiger partial charge in [0.15, 0.2) is 0 Å². The predicted molar refractivity (Wildman–Crippen MR) is 168 cm³/mol. The van der Waals surface area contributed by atoms with Crippen LogP contribution in [0.5, 0.6) is 0 Å². The summed E-state index contributed by atoms with van der Waals surface area (Å²) in [5, 5.41) is 5.29. The average molecular weight is 569 g/mol. The summed E-state index contributed by atoms with van der Waals surface area (Å²) in [6, 6.07) is 20.8. The number of benzene rings is 3. The number of ether oxygens (including phenoxy) is 1. The SMILES string of the molecule is COC1=C(Nc2cc3nc4ccccc4n(-c4ccc(Cl)cc4)c-3cc2=NC2CCN(CC(C)C)CC2)CCC=N1. The predicted octanol–water partition coefficient (Wildman–Crippen LogP) is 6.90. The number of fused-ring (bicyclic) bond motifs is 2. The van der Waals surface area contributed by atoms with E-state index in [9.17, 15) is 0 Å². The third-order valence-electron chi connectivity index (χ3n) is 7.75. The van der Waals surface area contributed by atoms with Crippen molar-refractivity contribution in [3.8, 4) is 17.1 Å². The Balaban J connectivity index is 1.52. The maximum atomic E-state index is 6.27. The van der Waals surface area contributed by atoms with Crippen LogP contribution in [0.2, 0.25) is 5.02 Å². The molecule has 0 aromatic heterocycles. The molecule has 0 unspecified atom stereocenters. The molecule has 8 heteroatoms. The first-order valence-corrected chi connectivity index (χ1v) is 14.9. The second-order valence-electron chi connectivity index (χ2n) is 11.3. The molecule has 7 nitrogen and oxygen atoms in total. The highest BCUT2D eigenvalue weighted by atomic mass is 35.5. The Bertz CT molecular complexity index is 1630. The second-order valence-corrected chi connectivity index (χ2v) is 11.7. The molecule has 2 aromatic rings. The van der Waals surface area contributed by atoms with Crippen molar-refractivity contribution in [2.24, 2.45) is 15.9 Å². The third kappa shape index (κ3) is 6.02. The summed E-state index contributed by atoms with van der Waals surface area (Å²) >= 11 is 6.27. The van der Waals surface area contributed by atoms with Gasteiger partial charge in [-0.3, -0.25) is 4.99 Å². The number of halogens is 1. The molecule has 1 aliphatic carbocycles. The van der Waals surface area contributed by atoms with Gasteiger partial charge < -0.3 is 19.5 Å². The van der Waals surface area contributed by atoms with Crippen LogP contribution in [0.15, 0.2) is 82.2 Å². The standard InChI is InChI=1S/C33H37ClN6O/c1-22(2)21-39-17-14-24(15-18-39)36-29-20-32-30(19-28(29)38-27-8-6-16-35-33(27)41-3)37-26-7-4-5-9-31(26)40(32)25-12-10-23(34)11-13-25/h4-5,7,9-13,16,19-20,22,24,38H,6,8,14-15,17-18,21H2,1-3H3. The number of hydrogen-bond donors (Lipinski definition) is 1. The van der Waals surface area contributed by atoms with Crippen LogP contribution in [0.4, 0.5) is 5.69 Å². The van der Waals surface area contributed by atoms with Crippen molar-refractivity contribution in [2.75, 3.05) is 32.1 Å². The number of likely N-dealkylation sites (tertiary alicyclic amines) is 1. The van der Waals surface area contributed by atoms with Crippen molar-refractivity contribution >= 4 is 34.5 Å². The number of nitrogens with one attached hydrogen (secondary N) is 1. The van der Waals surface area contributed by atoms with Crippen molar-refractivity contribution in [3.05, 3.63) is 82.6 Å². The van der Waals surface area contributed by atoms with E-state index in [1.54, 1.807) is 7.11 Å². The fourth-order valence-electron chi connectivity index (χ4n) is 5.86. The van der Waals surface area contributed by atoms with Gasteiger partial charge in [0, 0.05) is 36.6 Å². The molecule has 0 saturated carbocycles. The molecule has 0 spiro atoms. The van der Waals surface area contributed by atoms with Crippen LogP contribution in [0.25, 0.3) is 28.1 Å². The van der Waals surface area contributed by atoms with Crippen molar-refractivity contribution in [2.45, 2.75) is 45.6 Å². The number of anilines is 1. The molecule has 3 aliphatic heterocycles. The van der Waals surface area contributed by atoms with E-state index in [1.165, 1.54) is 0 Å². The zero-order valence-electron chi connectivity index (χ0n) is 24.0. The van der Waals surface area contributed by atoms with Gasteiger partial charge in [-0.05, 0) is 80.1 Å². The van der Waals surface area contributed by atoms with Crippen LogP contribution in [0, 0.1) is 5.92 Å². The second kappa shape index (κ2) is 12.0. The molecule has 1 fully saturated rings. The van der Waals surface area contributed by atoms with Gasteiger partial charge >= 0.3 is 0 Å². The summed E-state index contributed by atoms with van der Waals surface area (Å²) < 4.78 is 7.85. The van der Waals surface area contributed by atoms with Gasteiger partial charge in [-0.2, -0.15) is 0 Å². The zero-order valence-corrected chi connectivity index (χ0v) is 24.7. The Morgan fingerprint density at radius 3 is 2.61 bits per heavy atom. The third-order valence-corrected chi connectivity index (χ3v) is 8.01. The lowest BCUT2D eigenvalue weighted by molar-refractivity contribution is 0.192. The van der Waals surface area contributed by atoms with Gasteiger partial charge in [0.25, 0.3) is 0 Å². The summed E-state index contributed by atoms with van der Waals surface area (Å²) in [6.45, 7) is 7.87. The Hall–Kier alpha value is -3.68. The Morgan fingerprint density at radius 1 is 1.07 bits per heavy atom. The number of allylic oxidation sites excluding steroid dienone is 1. The lowest BCUT2D eigenvalue weighted by Crippen LogP contribution is -2.38. The first kappa shape index (κ1) is 27.5. The monoisotopic (exact) mass is 568 g/mol. The largest absolute Gasteiger partial charge is 0.480 e. The Morgan fingerprint density at radius 2 is 1.85 bits per heavy atom. The lowest BCUT2D eigenvalue weighted by Gasteiger charge is -2.31. The molecule has 41 heavy (non-hydrogen) atoms. The van der Waals surface area contributed by atoms with Crippen LogP contribution < -0.4 is 10.7 Å². The van der Waals surface area contributed by atoms with Gasteiger partial charge in [-0.15, -0.1) is 0 Å². The molecule has 0 amide bonds. The van der Waals surface area contributed by atoms with E-state index in [4.69, 9.17) is 26.3 Å². The van der Waals surface area contributed by atoms with Crippen LogP contribution in [0.1, 0.15) is 39.5 Å². The highest BCUT2D eigenvalue weighted by molar-refractivity contribution is 6.30. The smallest absolute Gasteiger partial charge is 0.232 e. The van der Waals surface area contributed by atoms with E-state index in [0.717, 1.165) is 90.2 Å². The van der Waals surface area contributed by atoms with Gasteiger partial charge in [0.2, 0.25) is 5.88 Å². The van der Waals surface area contributed by atoms with Gasteiger partial charge in [0.05, 0.1) is 52.3 Å². The zero-order chi connectivity index (χ0) is 28.3. The Kier molecular flexibility index (Phi) is 8.08. The fraction of sp³-hybridized carbons (Fsp3) is 0.364. The first-order chi connectivity index (χ1) is 20.0. The van der Waals surface area contributed by atoms with Crippen molar-refractivity contribution in [1.29, 1.82) is 0 Å². The number of aromatic nitrogens is 2. The molecule has 6 rings (SSSR count). The van der Waals surface area contributed by atoms with Gasteiger partial charge in [-0.25, -0.2) is 9.98 Å². The van der Waals surface area contributed by atoms with Gasteiger partial charge in [0.1, 0.15) is 0 Å². The number of hydrogen-bond acceptors (Lipinski definition) is 6. The molecule has 4 aliphatic rings. The summed E-state index contributed by atoms with van der Waals surface area (Å²) in [7, 11) is 1.67. The molecule has 0 bridgehead atoms. The van der Waals surface area contributed by atoms with Crippen LogP contribution in [-0.2, 0) is 4.74 Å². The maximum absolute atomic E-state index is 6.27. The van der Waals surface area contributed by atoms with Crippen LogP contribution >= 0.6 is 11.6 Å². The van der Waals surface area contributed by atoms with Crippen LogP contribution in [-0.4, -0.2) is 53.5 Å². The van der Waals surface area contributed by atoms with Gasteiger partial charge in [-0.1, -0.05) is 37.6 Å². The minimum absolute atomic E-state index is 0.258. The molecular weight excluding hydrogens is 532 g/mol. The highest BCUT2D eigenvalue weighted by Gasteiger charge is 2.22. The summed E-state index contributed by atoms with van der Waals surface area (Å²) in [5.41, 5.74) is 6.74. The molecule has 1 N–H and O–H groups in total. The van der Waals surface area contributed by atoms with Crippen molar-refractivity contribution in [3.63, 3.8) is 0 Å². The molecule has 0 atom stereocenters. The average Bonchev–Trinajstić information content (AvgIpc) is 2.98. The number of piperidine rings is 1. The summed E-state index contributed by atoms with van der Waals surface area (Å²) in [5.74, 6) is 1.29. The number of nitrogens with zero attached hydrogens (tertiary/aromatic N) is 5. The number of aliphatic imine (C=N–C) groups is 1. The van der Waals surface area contributed by atoms with Crippen LogP contribution in [0.3, 0.4) is 0 Å². The van der Waals surface area contributed by atoms with E-state index in [0.29, 0.717) is 16.8 Å². The molecule has 212 valence electrons. The van der Waals surface area contributed by atoms with E-state index < -0.39 is 0 Å². The lowest BCUT2D eigenvalue weighted by atomic mass is 10.0. The number of rotatable bonds is 7. The molecule has 2 aromatic carbocycles. The Labute approximate surface area is 246 Å². The minimum atomic E-state index is 0.258. The molecular formula is C33H37ClN6O. The molecule has 3 heterocycles. The van der Waals surface area contributed by atoms with Crippen molar-refractivity contribution in [1.82, 2.24) is 14.5 Å². The minimum Gasteiger partial charge on any atom is -0.480 e. The van der Waals surface area contributed by atoms with E-state index in [-0.39, 0.29) is 6.04 Å². The molecule has 0 radical (unpaired) electrons. The maximum Gasteiger partial charge on any atom is 0.232 e. The normalized spacial score (nSPS) is 17.2. The van der Waals surface area contributed by atoms with Crippen molar-refractivity contribution < 1.29 is 4.74 Å². The summed E-state index contributed by atoms with van der Waals surface area (Å²) in [6.07, 6.45) is 5.70. The summed E-state index contributed by atoms with van der Waals surface area (Å²) in [4.78, 5) is 17.5. The number of para-hydroxylation sites is 2. The highest BCUT2D eigenvalue weighted by Crippen LogP contribution is 2.31. The quantitative estimate of drug-likeness (QED) is 0.246. The topological polar surface area (TPSA) is 67.0 Å². The number of methoxy groups -OCH3 is 1. The molecule has 1 saturated heterocycles. The van der Waals surface area contributed by atoms with E-state index in [2.05, 4.69) is 76.1 Å².